The standard InChI is InChI=1S/C18H19ClN4O2/c1-10-3-4-13(19)16-12(11(2)21-17(10)16)5-6-20-18(24)14-9-15-23(22-14)7-8-25-15/h3-4,9,21H,5-8H2,1-2H3,(H,20,24). The zero-order valence-corrected chi connectivity index (χ0v) is 14.9. The molecule has 1 aromatic carbocycles. The molecular weight excluding hydrogens is 340 g/mol. The Bertz CT molecular complexity index is 952. The van der Waals surface area contributed by atoms with Gasteiger partial charge in [0.1, 0.15) is 6.61 Å². The molecule has 0 saturated carbocycles. The average Bonchev–Trinajstić information content (AvgIpc) is 3.25. The van der Waals surface area contributed by atoms with Gasteiger partial charge in [-0.05, 0) is 37.5 Å². The molecule has 0 radical (unpaired) electrons. The van der Waals surface area contributed by atoms with Gasteiger partial charge in [0.05, 0.1) is 17.1 Å². The number of rotatable bonds is 4. The van der Waals surface area contributed by atoms with Crippen LogP contribution in [0.3, 0.4) is 0 Å². The molecule has 0 fully saturated rings. The van der Waals surface area contributed by atoms with Crippen molar-refractivity contribution in [3.05, 3.63) is 45.7 Å². The van der Waals surface area contributed by atoms with Gasteiger partial charge < -0.3 is 15.0 Å². The van der Waals surface area contributed by atoms with Gasteiger partial charge in [-0.2, -0.15) is 5.10 Å². The highest BCUT2D eigenvalue weighted by Gasteiger charge is 2.19. The number of carbonyl (C=O) groups is 1. The number of halogens is 1. The number of nitrogens with zero attached hydrogens (tertiary/aromatic N) is 2. The van der Waals surface area contributed by atoms with Crippen LogP contribution in [0.1, 0.15) is 27.3 Å². The lowest BCUT2D eigenvalue weighted by molar-refractivity contribution is 0.0948. The maximum Gasteiger partial charge on any atom is 0.271 e. The molecular formula is C18H19ClN4O2. The highest BCUT2D eigenvalue weighted by molar-refractivity contribution is 6.35. The van der Waals surface area contributed by atoms with E-state index in [1.54, 1.807) is 10.7 Å². The summed E-state index contributed by atoms with van der Waals surface area (Å²) in [7, 11) is 0. The second kappa shape index (κ2) is 6.11. The Morgan fingerprint density at radius 2 is 2.28 bits per heavy atom. The van der Waals surface area contributed by atoms with Crippen LogP contribution in [0.5, 0.6) is 5.88 Å². The fraction of sp³-hybridized carbons (Fsp3) is 0.333. The molecule has 3 heterocycles. The summed E-state index contributed by atoms with van der Waals surface area (Å²) in [5.74, 6) is 0.463. The van der Waals surface area contributed by atoms with Crippen molar-refractivity contribution in [2.75, 3.05) is 13.2 Å². The number of carbonyl (C=O) groups excluding carboxylic acids is 1. The molecule has 0 spiro atoms. The molecule has 6 nitrogen and oxygen atoms in total. The minimum atomic E-state index is -0.190. The number of aromatic amines is 1. The third kappa shape index (κ3) is 2.76. The van der Waals surface area contributed by atoms with Crippen molar-refractivity contribution in [3.8, 4) is 5.88 Å². The highest BCUT2D eigenvalue weighted by atomic mass is 35.5. The number of nitrogens with one attached hydrogen (secondary N) is 2. The monoisotopic (exact) mass is 358 g/mol. The van der Waals surface area contributed by atoms with Crippen LogP contribution >= 0.6 is 11.6 Å². The van der Waals surface area contributed by atoms with Crippen LogP contribution in [-0.4, -0.2) is 33.8 Å². The van der Waals surface area contributed by atoms with Crippen LogP contribution in [0, 0.1) is 13.8 Å². The van der Waals surface area contributed by atoms with Gasteiger partial charge in [0.2, 0.25) is 5.88 Å². The number of benzene rings is 1. The number of fused-ring (bicyclic) bond motifs is 2. The second-order valence-electron chi connectivity index (χ2n) is 6.29. The Balaban J connectivity index is 1.48. The van der Waals surface area contributed by atoms with Crippen LogP contribution in [-0.2, 0) is 13.0 Å². The Morgan fingerprint density at radius 1 is 1.44 bits per heavy atom. The maximum atomic E-state index is 12.3. The number of ether oxygens (including phenoxy) is 1. The normalized spacial score (nSPS) is 13.1. The number of hydrogen-bond donors (Lipinski definition) is 2. The Kier molecular flexibility index (Phi) is 3.92. The molecule has 3 aromatic rings. The summed E-state index contributed by atoms with van der Waals surface area (Å²) in [4.78, 5) is 15.7. The van der Waals surface area contributed by atoms with Gasteiger partial charge >= 0.3 is 0 Å². The summed E-state index contributed by atoms with van der Waals surface area (Å²) in [6.07, 6.45) is 0.699. The van der Waals surface area contributed by atoms with E-state index in [9.17, 15) is 4.79 Å². The van der Waals surface area contributed by atoms with Crippen LogP contribution in [0.4, 0.5) is 0 Å². The molecule has 4 rings (SSSR count). The lowest BCUT2D eigenvalue weighted by Crippen LogP contribution is -2.26. The Labute approximate surface area is 150 Å². The van der Waals surface area contributed by atoms with Gasteiger partial charge in [-0.15, -0.1) is 0 Å². The predicted octanol–water partition coefficient (Wildman–Crippen LogP) is 3.00. The second-order valence-corrected chi connectivity index (χ2v) is 6.70. The topological polar surface area (TPSA) is 71.9 Å². The van der Waals surface area contributed by atoms with E-state index in [1.807, 2.05) is 19.1 Å². The van der Waals surface area contributed by atoms with Crippen molar-refractivity contribution in [2.24, 2.45) is 0 Å². The van der Waals surface area contributed by atoms with Gasteiger partial charge in [0.15, 0.2) is 5.69 Å². The molecule has 0 bridgehead atoms. The third-order valence-corrected chi connectivity index (χ3v) is 4.93. The first-order valence-electron chi connectivity index (χ1n) is 8.29. The molecule has 0 aliphatic carbocycles. The van der Waals surface area contributed by atoms with Crippen LogP contribution in [0.25, 0.3) is 10.9 Å². The van der Waals surface area contributed by atoms with Crippen LogP contribution in [0.2, 0.25) is 5.02 Å². The van der Waals surface area contributed by atoms with Gasteiger partial charge in [0, 0.05) is 23.7 Å². The molecule has 0 atom stereocenters. The minimum Gasteiger partial charge on any atom is -0.476 e. The van der Waals surface area contributed by atoms with Gasteiger partial charge in [0.25, 0.3) is 5.91 Å². The average molecular weight is 359 g/mol. The molecule has 1 aliphatic heterocycles. The quantitative estimate of drug-likeness (QED) is 0.753. The van der Waals surface area contributed by atoms with E-state index in [4.69, 9.17) is 16.3 Å². The molecule has 1 aliphatic rings. The van der Waals surface area contributed by atoms with Gasteiger partial charge in [-0.3, -0.25) is 4.79 Å². The van der Waals surface area contributed by atoms with Crippen LogP contribution < -0.4 is 10.1 Å². The smallest absolute Gasteiger partial charge is 0.271 e. The number of aryl methyl sites for hydroxylation is 2. The van der Waals surface area contributed by atoms with Crippen molar-refractivity contribution < 1.29 is 9.53 Å². The van der Waals surface area contributed by atoms with E-state index >= 15 is 0 Å². The van der Waals surface area contributed by atoms with E-state index in [2.05, 4.69) is 22.3 Å². The summed E-state index contributed by atoms with van der Waals surface area (Å²) >= 11 is 6.39. The fourth-order valence-corrected chi connectivity index (χ4v) is 3.59. The summed E-state index contributed by atoms with van der Waals surface area (Å²) in [5.41, 5.74) is 4.83. The van der Waals surface area contributed by atoms with Gasteiger partial charge in [-0.1, -0.05) is 17.7 Å². The fourth-order valence-electron chi connectivity index (χ4n) is 3.32. The zero-order chi connectivity index (χ0) is 17.6. The van der Waals surface area contributed by atoms with Crippen molar-refractivity contribution in [1.29, 1.82) is 0 Å². The van der Waals surface area contributed by atoms with E-state index in [1.165, 1.54) is 0 Å². The Hall–Kier alpha value is -2.47. The van der Waals surface area contributed by atoms with E-state index in [0.717, 1.165) is 32.7 Å². The molecule has 25 heavy (non-hydrogen) atoms. The maximum absolute atomic E-state index is 12.3. The zero-order valence-electron chi connectivity index (χ0n) is 14.1. The first-order chi connectivity index (χ1) is 12.0. The van der Waals surface area contributed by atoms with Crippen molar-refractivity contribution in [3.63, 3.8) is 0 Å². The molecule has 7 heteroatoms. The first-order valence-corrected chi connectivity index (χ1v) is 8.67. The predicted molar refractivity (Wildman–Crippen MR) is 96.5 cm³/mol. The van der Waals surface area contributed by atoms with Crippen molar-refractivity contribution in [1.82, 2.24) is 20.1 Å². The molecule has 0 saturated heterocycles. The minimum absolute atomic E-state index is 0.190. The van der Waals surface area contributed by atoms with Crippen molar-refractivity contribution >= 4 is 28.4 Å². The molecule has 2 N–H and O–H groups in total. The number of amides is 1. The summed E-state index contributed by atoms with van der Waals surface area (Å²) in [6.45, 7) is 5.91. The lowest BCUT2D eigenvalue weighted by atomic mass is 10.1. The van der Waals surface area contributed by atoms with E-state index in [-0.39, 0.29) is 5.91 Å². The SMILES string of the molecule is Cc1[nH]c2c(C)ccc(Cl)c2c1CCNC(=O)c1cc2n(n1)CCO2. The summed E-state index contributed by atoms with van der Waals surface area (Å²) < 4.78 is 7.09. The molecule has 1 amide bonds. The largest absolute Gasteiger partial charge is 0.476 e. The summed E-state index contributed by atoms with van der Waals surface area (Å²) in [6, 6.07) is 5.60. The Morgan fingerprint density at radius 3 is 3.08 bits per heavy atom. The number of hydrogen-bond acceptors (Lipinski definition) is 3. The van der Waals surface area contributed by atoms with E-state index < -0.39 is 0 Å². The molecule has 0 unspecified atom stereocenters. The van der Waals surface area contributed by atoms with E-state index in [0.29, 0.717) is 37.7 Å². The van der Waals surface area contributed by atoms with Gasteiger partial charge in [-0.25, -0.2) is 4.68 Å². The van der Waals surface area contributed by atoms with Crippen LogP contribution in [0.15, 0.2) is 18.2 Å². The third-order valence-electron chi connectivity index (χ3n) is 4.62. The summed E-state index contributed by atoms with van der Waals surface area (Å²) in [5, 5.41) is 8.95. The molecule has 2 aromatic heterocycles. The lowest BCUT2D eigenvalue weighted by Gasteiger charge is -2.05. The highest BCUT2D eigenvalue weighted by Crippen LogP contribution is 2.31. The molecule has 130 valence electrons. The van der Waals surface area contributed by atoms with Crippen molar-refractivity contribution in [2.45, 2.75) is 26.8 Å². The first kappa shape index (κ1) is 16.0. The number of aromatic nitrogens is 3. The number of H-pyrrole nitrogens is 1.